The lowest BCUT2D eigenvalue weighted by Gasteiger charge is -2.16. The molecule has 0 aliphatic carbocycles. The molecule has 5 N–H and O–H groups in total. The molecule has 0 spiro atoms. The molecule has 7 heteroatoms. The minimum Gasteiger partial charge on any atom is -0.330 e. The number of benzene rings is 1. The lowest BCUT2D eigenvalue weighted by atomic mass is 10.0. The normalized spacial score (nSPS) is 13.1. The zero-order chi connectivity index (χ0) is 15.5. The fraction of sp³-hybridized carbons (Fsp3) is 0.462. The second kappa shape index (κ2) is 6.34. The SMILES string of the molecule is CCC(CN)C(=O)Nc1cc(S(N)(=O)=O)cc(C)c1C. The van der Waals surface area contributed by atoms with Gasteiger partial charge in [0, 0.05) is 12.2 Å². The molecule has 112 valence electrons. The minimum atomic E-state index is -3.81. The van der Waals surface area contributed by atoms with Crippen LogP contribution in [-0.4, -0.2) is 20.9 Å². The summed E-state index contributed by atoms with van der Waals surface area (Å²) < 4.78 is 22.9. The average Bonchev–Trinajstić information content (AvgIpc) is 2.34. The largest absolute Gasteiger partial charge is 0.330 e. The molecular formula is C13H21N3O3S. The quantitative estimate of drug-likeness (QED) is 0.748. The van der Waals surface area contributed by atoms with Gasteiger partial charge in [-0.15, -0.1) is 0 Å². The number of primary sulfonamides is 1. The fourth-order valence-corrected chi connectivity index (χ4v) is 2.44. The van der Waals surface area contributed by atoms with Crippen molar-refractivity contribution in [3.8, 4) is 0 Å². The fourth-order valence-electron chi connectivity index (χ4n) is 1.81. The van der Waals surface area contributed by atoms with Gasteiger partial charge in [0.2, 0.25) is 15.9 Å². The van der Waals surface area contributed by atoms with Crippen LogP contribution in [0.4, 0.5) is 5.69 Å². The van der Waals surface area contributed by atoms with Crippen LogP contribution in [0.15, 0.2) is 17.0 Å². The number of rotatable bonds is 5. The van der Waals surface area contributed by atoms with Crippen LogP contribution in [0, 0.1) is 19.8 Å². The van der Waals surface area contributed by atoms with Crippen molar-refractivity contribution < 1.29 is 13.2 Å². The molecule has 0 aliphatic heterocycles. The summed E-state index contributed by atoms with van der Waals surface area (Å²) in [5.74, 6) is -0.517. The first kappa shape index (κ1) is 16.6. The van der Waals surface area contributed by atoms with Crippen LogP contribution in [0.3, 0.4) is 0 Å². The Kier molecular flexibility index (Phi) is 5.27. The van der Waals surface area contributed by atoms with Crippen molar-refractivity contribution in [2.45, 2.75) is 32.1 Å². The van der Waals surface area contributed by atoms with E-state index in [0.29, 0.717) is 12.1 Å². The Morgan fingerprint density at radius 3 is 2.40 bits per heavy atom. The Hall–Kier alpha value is -1.44. The third kappa shape index (κ3) is 3.78. The molecule has 0 aliphatic rings. The summed E-state index contributed by atoms with van der Waals surface area (Å²) in [5, 5.41) is 7.85. The molecule has 1 aromatic rings. The Morgan fingerprint density at radius 2 is 1.95 bits per heavy atom. The van der Waals surface area contributed by atoms with E-state index in [0.717, 1.165) is 11.1 Å². The number of nitrogens with two attached hydrogens (primary N) is 2. The monoisotopic (exact) mass is 299 g/mol. The standard InChI is InChI=1S/C13H21N3O3S/c1-4-10(7-14)13(17)16-12-6-11(20(15,18)19)5-8(2)9(12)3/h5-6,10H,4,7,14H2,1-3H3,(H,16,17)(H2,15,18,19). The van der Waals surface area contributed by atoms with E-state index in [-0.39, 0.29) is 23.3 Å². The topological polar surface area (TPSA) is 115 Å². The van der Waals surface area contributed by atoms with Crippen LogP contribution in [-0.2, 0) is 14.8 Å². The first-order chi connectivity index (χ1) is 9.20. The lowest BCUT2D eigenvalue weighted by molar-refractivity contribution is -0.119. The number of aryl methyl sites for hydroxylation is 1. The van der Waals surface area contributed by atoms with Gasteiger partial charge in [0.25, 0.3) is 0 Å². The zero-order valence-corrected chi connectivity index (χ0v) is 12.8. The van der Waals surface area contributed by atoms with Gasteiger partial charge in [0.05, 0.1) is 10.8 Å². The van der Waals surface area contributed by atoms with Gasteiger partial charge < -0.3 is 11.1 Å². The summed E-state index contributed by atoms with van der Waals surface area (Å²) in [7, 11) is -3.81. The summed E-state index contributed by atoms with van der Waals surface area (Å²) in [5.41, 5.74) is 7.52. The first-order valence-electron chi connectivity index (χ1n) is 6.35. The molecule has 1 unspecified atom stereocenters. The Labute approximate surface area is 119 Å². The summed E-state index contributed by atoms with van der Waals surface area (Å²) in [6, 6.07) is 2.86. The highest BCUT2D eigenvalue weighted by molar-refractivity contribution is 7.89. The summed E-state index contributed by atoms with van der Waals surface area (Å²) in [6.45, 7) is 5.69. The number of nitrogens with one attached hydrogen (secondary N) is 1. The van der Waals surface area contributed by atoms with Crippen LogP contribution in [0.1, 0.15) is 24.5 Å². The number of carbonyl (C=O) groups excluding carboxylic acids is 1. The van der Waals surface area contributed by atoms with Crippen molar-refractivity contribution in [1.82, 2.24) is 0 Å². The molecule has 0 saturated carbocycles. The highest BCUT2D eigenvalue weighted by Crippen LogP contribution is 2.24. The molecule has 0 saturated heterocycles. The van der Waals surface area contributed by atoms with Crippen molar-refractivity contribution in [1.29, 1.82) is 0 Å². The molecule has 1 aromatic carbocycles. The maximum atomic E-state index is 12.0. The molecule has 1 amide bonds. The van der Waals surface area contributed by atoms with E-state index in [9.17, 15) is 13.2 Å². The van der Waals surface area contributed by atoms with E-state index < -0.39 is 10.0 Å². The third-order valence-corrected chi connectivity index (χ3v) is 4.27. The van der Waals surface area contributed by atoms with Gasteiger partial charge in [0.15, 0.2) is 0 Å². The van der Waals surface area contributed by atoms with Crippen LogP contribution < -0.4 is 16.2 Å². The number of anilines is 1. The number of hydrogen-bond donors (Lipinski definition) is 3. The van der Waals surface area contributed by atoms with Crippen molar-refractivity contribution in [3.63, 3.8) is 0 Å². The molecule has 6 nitrogen and oxygen atoms in total. The molecule has 1 rings (SSSR count). The van der Waals surface area contributed by atoms with Gasteiger partial charge in [-0.3, -0.25) is 4.79 Å². The molecule has 0 aromatic heterocycles. The van der Waals surface area contributed by atoms with Crippen LogP contribution in [0.5, 0.6) is 0 Å². The molecule has 0 bridgehead atoms. The van der Waals surface area contributed by atoms with Crippen LogP contribution in [0.25, 0.3) is 0 Å². The summed E-state index contributed by atoms with van der Waals surface area (Å²) in [4.78, 5) is 12.0. The zero-order valence-electron chi connectivity index (χ0n) is 11.9. The summed E-state index contributed by atoms with van der Waals surface area (Å²) in [6.07, 6.45) is 0.620. The highest BCUT2D eigenvalue weighted by atomic mass is 32.2. The molecule has 20 heavy (non-hydrogen) atoms. The Balaban J connectivity index is 3.19. The third-order valence-electron chi connectivity index (χ3n) is 3.38. The molecule has 0 radical (unpaired) electrons. The lowest BCUT2D eigenvalue weighted by Crippen LogP contribution is -2.29. The Morgan fingerprint density at radius 1 is 1.35 bits per heavy atom. The highest BCUT2D eigenvalue weighted by Gasteiger charge is 2.18. The van der Waals surface area contributed by atoms with E-state index >= 15 is 0 Å². The number of carbonyl (C=O) groups is 1. The van der Waals surface area contributed by atoms with E-state index in [4.69, 9.17) is 10.9 Å². The van der Waals surface area contributed by atoms with Gasteiger partial charge in [-0.05, 0) is 43.5 Å². The van der Waals surface area contributed by atoms with Gasteiger partial charge in [-0.2, -0.15) is 0 Å². The molecule has 0 fully saturated rings. The predicted octanol–water partition coefficient (Wildman–Crippen LogP) is 0.874. The van der Waals surface area contributed by atoms with E-state index in [1.54, 1.807) is 13.8 Å². The van der Waals surface area contributed by atoms with Gasteiger partial charge in [-0.1, -0.05) is 6.92 Å². The van der Waals surface area contributed by atoms with Crippen LogP contribution >= 0.6 is 0 Å². The van der Waals surface area contributed by atoms with Crippen molar-refractivity contribution in [3.05, 3.63) is 23.3 Å². The van der Waals surface area contributed by atoms with E-state index in [2.05, 4.69) is 5.32 Å². The molecule has 1 atom stereocenters. The number of hydrogen-bond acceptors (Lipinski definition) is 4. The van der Waals surface area contributed by atoms with Crippen LogP contribution in [0.2, 0.25) is 0 Å². The van der Waals surface area contributed by atoms with Crippen molar-refractivity contribution in [2.24, 2.45) is 16.8 Å². The summed E-state index contributed by atoms with van der Waals surface area (Å²) >= 11 is 0. The van der Waals surface area contributed by atoms with Gasteiger partial charge >= 0.3 is 0 Å². The minimum absolute atomic E-state index is 0.0169. The maximum absolute atomic E-state index is 12.0. The smallest absolute Gasteiger partial charge is 0.238 e. The maximum Gasteiger partial charge on any atom is 0.238 e. The average molecular weight is 299 g/mol. The van der Waals surface area contributed by atoms with E-state index in [1.165, 1.54) is 12.1 Å². The first-order valence-corrected chi connectivity index (χ1v) is 7.90. The van der Waals surface area contributed by atoms with Gasteiger partial charge in [0.1, 0.15) is 0 Å². The predicted molar refractivity (Wildman–Crippen MR) is 78.8 cm³/mol. The molecular weight excluding hydrogens is 278 g/mol. The molecule has 0 heterocycles. The van der Waals surface area contributed by atoms with Crippen molar-refractivity contribution >= 4 is 21.6 Å². The second-order valence-corrected chi connectivity index (χ2v) is 6.35. The second-order valence-electron chi connectivity index (χ2n) is 4.79. The van der Waals surface area contributed by atoms with Gasteiger partial charge in [-0.25, -0.2) is 13.6 Å². The number of sulfonamides is 1. The number of amides is 1. The van der Waals surface area contributed by atoms with Crippen molar-refractivity contribution in [2.75, 3.05) is 11.9 Å². The van der Waals surface area contributed by atoms with E-state index in [1.807, 2.05) is 6.92 Å². The Bertz CT molecular complexity index is 608.